The van der Waals surface area contributed by atoms with E-state index in [4.69, 9.17) is 79.1 Å². The molecule has 46 heavy (non-hydrogen) atoms. The molecular weight excluding hydrogens is 737 g/mol. The third kappa shape index (κ3) is 10.2. The van der Waals surface area contributed by atoms with Gasteiger partial charge in [0.15, 0.2) is 5.79 Å². The van der Waals surface area contributed by atoms with Crippen LogP contribution in [0.5, 0.6) is 0 Å². The van der Waals surface area contributed by atoms with Crippen LogP contribution in [-0.2, 0) is 9.47 Å². The van der Waals surface area contributed by atoms with Crippen LogP contribution >= 0.6 is 83.1 Å². The zero-order valence-electron chi connectivity index (χ0n) is 26.5. The van der Waals surface area contributed by atoms with Crippen molar-refractivity contribution in [3.8, 4) is 0 Å². The Kier molecular flexibility index (Phi) is 16.1. The van der Waals surface area contributed by atoms with Gasteiger partial charge in [-0.3, -0.25) is 4.79 Å². The monoisotopic (exact) mass is 776 g/mol. The van der Waals surface area contributed by atoms with Crippen molar-refractivity contribution in [1.82, 2.24) is 4.90 Å². The number of nitrogens with one attached hydrogen (secondary N) is 1. The zero-order valence-corrected chi connectivity index (χ0v) is 32.1. The van der Waals surface area contributed by atoms with Crippen LogP contribution in [0.1, 0.15) is 87.4 Å². The van der Waals surface area contributed by atoms with Crippen molar-refractivity contribution in [3.05, 3.63) is 59.5 Å². The lowest BCUT2D eigenvalue weighted by Gasteiger charge is -2.41. The molecule has 0 bridgehead atoms. The summed E-state index contributed by atoms with van der Waals surface area (Å²) in [4.78, 5) is 26.5. The topological polar surface area (TPSA) is 88.1 Å². The summed E-state index contributed by atoms with van der Waals surface area (Å²) in [7, 11) is 0. The SMILES string of the molecule is CCCN(CC)CC1COC2(CCC(C(C)(C)C)CC2)O1.O=C(O)c1c(Cl)c(Cl)c(Cl)c(Cl)c1C(=O)Nc1cccc(Cl)c1Cl.S. The first-order valence-corrected chi connectivity index (χ1v) is 17.2. The maximum atomic E-state index is 12.5. The number of likely N-dealkylation sites (N-methyl/N-ethyl adjacent to an activating group) is 1. The summed E-state index contributed by atoms with van der Waals surface area (Å²) in [5.41, 5.74) is -0.449. The normalized spacial score (nSPS) is 21.0. The molecule has 0 aromatic heterocycles. The largest absolute Gasteiger partial charge is 0.478 e. The van der Waals surface area contributed by atoms with E-state index in [2.05, 4.69) is 44.8 Å². The van der Waals surface area contributed by atoms with Crippen LogP contribution in [0, 0.1) is 11.3 Å². The average molecular weight is 779 g/mol. The predicted octanol–water partition coefficient (Wildman–Crippen LogP) is 10.7. The second-order valence-electron chi connectivity index (χ2n) is 12.4. The number of carboxylic acid groups (broad SMARTS) is 1. The first-order chi connectivity index (χ1) is 21.0. The van der Waals surface area contributed by atoms with E-state index in [1.54, 1.807) is 6.07 Å². The number of anilines is 1. The van der Waals surface area contributed by atoms with Crippen molar-refractivity contribution in [2.24, 2.45) is 11.3 Å². The lowest BCUT2D eigenvalue weighted by Crippen LogP contribution is -2.40. The van der Waals surface area contributed by atoms with E-state index in [9.17, 15) is 14.7 Å². The number of carboxylic acids is 1. The summed E-state index contributed by atoms with van der Waals surface area (Å²) in [5, 5.41) is 10.8. The van der Waals surface area contributed by atoms with Crippen molar-refractivity contribution >= 4 is 101 Å². The van der Waals surface area contributed by atoms with Gasteiger partial charge in [0.2, 0.25) is 0 Å². The number of benzene rings is 2. The Labute approximate surface area is 308 Å². The molecule has 1 saturated carbocycles. The number of hydrogen-bond acceptors (Lipinski definition) is 5. The molecule has 1 unspecified atom stereocenters. The Balaban J connectivity index is 0.000000316. The van der Waals surface area contributed by atoms with Gasteiger partial charge in [0, 0.05) is 19.4 Å². The molecule has 2 aromatic carbocycles. The molecular formula is C32H42Cl6N2O5S. The van der Waals surface area contributed by atoms with Gasteiger partial charge in [0.25, 0.3) is 5.91 Å². The van der Waals surface area contributed by atoms with E-state index in [1.807, 2.05) is 0 Å². The minimum absolute atomic E-state index is 0. The highest BCUT2D eigenvalue weighted by molar-refractivity contribution is 7.59. The lowest BCUT2D eigenvalue weighted by atomic mass is 9.71. The summed E-state index contributed by atoms with van der Waals surface area (Å²) >= 11 is 35.5. The van der Waals surface area contributed by atoms with E-state index < -0.39 is 28.0 Å². The Bertz CT molecular complexity index is 1380. The van der Waals surface area contributed by atoms with Gasteiger partial charge >= 0.3 is 5.97 Å². The number of ether oxygens (including phenoxy) is 2. The van der Waals surface area contributed by atoms with E-state index in [-0.39, 0.29) is 56.2 Å². The molecule has 1 amide bonds. The first-order valence-electron chi connectivity index (χ1n) is 14.9. The summed E-state index contributed by atoms with van der Waals surface area (Å²) in [6.07, 6.45) is 6.10. The smallest absolute Gasteiger partial charge is 0.338 e. The van der Waals surface area contributed by atoms with Crippen molar-refractivity contribution < 1.29 is 24.2 Å². The van der Waals surface area contributed by atoms with Gasteiger partial charge in [-0.15, -0.1) is 0 Å². The highest BCUT2D eigenvalue weighted by atomic mass is 35.5. The van der Waals surface area contributed by atoms with Gasteiger partial charge in [-0.05, 0) is 55.8 Å². The molecule has 2 aromatic rings. The van der Waals surface area contributed by atoms with E-state index in [1.165, 1.54) is 31.4 Å². The molecule has 2 aliphatic rings. The molecule has 2 N–H and O–H groups in total. The second-order valence-corrected chi connectivity index (χ2v) is 14.7. The predicted molar refractivity (Wildman–Crippen MR) is 196 cm³/mol. The maximum absolute atomic E-state index is 12.5. The van der Waals surface area contributed by atoms with Gasteiger partial charge in [0.05, 0.1) is 59.7 Å². The molecule has 1 spiro atoms. The fourth-order valence-electron chi connectivity index (χ4n) is 5.71. The van der Waals surface area contributed by atoms with Crippen LogP contribution in [-0.4, -0.2) is 60.0 Å². The molecule has 1 atom stereocenters. The Morgan fingerprint density at radius 3 is 2.07 bits per heavy atom. The molecule has 1 aliphatic carbocycles. The number of nitrogens with zero attached hydrogens (tertiary/aromatic N) is 1. The Morgan fingerprint density at radius 2 is 1.54 bits per heavy atom. The van der Waals surface area contributed by atoms with Gasteiger partial charge in [-0.2, -0.15) is 13.5 Å². The molecule has 14 heteroatoms. The van der Waals surface area contributed by atoms with Crippen LogP contribution in [0.3, 0.4) is 0 Å². The Morgan fingerprint density at radius 1 is 0.957 bits per heavy atom. The summed E-state index contributed by atoms with van der Waals surface area (Å²) < 4.78 is 12.5. The number of halogens is 6. The van der Waals surface area contributed by atoms with Crippen LogP contribution in [0.2, 0.25) is 30.1 Å². The third-order valence-corrected chi connectivity index (χ3v) is 10.9. The summed E-state index contributed by atoms with van der Waals surface area (Å²) in [6, 6.07) is 4.54. The fraction of sp³-hybridized carbons (Fsp3) is 0.562. The van der Waals surface area contributed by atoms with Crippen molar-refractivity contribution in [2.75, 3.05) is 31.6 Å². The van der Waals surface area contributed by atoms with Gasteiger partial charge in [-0.1, -0.05) is 110 Å². The standard InChI is InChI=1S/C18H35NO2.C14H5Cl6NO3.H2S/c1-6-12-19(7-2)13-16-14-20-18(21-16)10-8-15(9-11-18)17(3,4)5;15-4-2-1-3-5(8(4)16)21-13(22)6-7(14(23)24)10(18)12(20)11(19)9(6)17;/h15-16H,6-14H2,1-5H3;1-3H,(H,21,22)(H,23,24);1H2. The average Bonchev–Trinajstić information content (AvgIpc) is 3.36. The molecule has 0 radical (unpaired) electrons. The molecule has 1 aliphatic heterocycles. The van der Waals surface area contributed by atoms with E-state index >= 15 is 0 Å². The van der Waals surface area contributed by atoms with Crippen LogP contribution in [0.15, 0.2) is 18.2 Å². The number of aromatic carboxylic acids is 1. The fourth-order valence-corrected chi connectivity index (χ4v) is 7.07. The van der Waals surface area contributed by atoms with Crippen molar-refractivity contribution in [1.29, 1.82) is 0 Å². The second kappa shape index (κ2) is 17.8. The number of carbonyl (C=O) groups excluding carboxylic acids is 1. The van der Waals surface area contributed by atoms with Gasteiger partial charge in [-0.25, -0.2) is 4.79 Å². The molecule has 2 fully saturated rings. The highest BCUT2D eigenvalue weighted by Crippen LogP contribution is 2.46. The van der Waals surface area contributed by atoms with Crippen molar-refractivity contribution in [3.63, 3.8) is 0 Å². The lowest BCUT2D eigenvalue weighted by molar-refractivity contribution is -0.197. The third-order valence-electron chi connectivity index (χ3n) is 8.24. The molecule has 258 valence electrons. The summed E-state index contributed by atoms with van der Waals surface area (Å²) in [5.74, 6) is -1.83. The summed E-state index contributed by atoms with van der Waals surface area (Å²) in [6.45, 7) is 15.6. The quantitative estimate of drug-likeness (QED) is 0.205. The number of hydrogen-bond donors (Lipinski definition) is 2. The minimum Gasteiger partial charge on any atom is -0.478 e. The Hall–Kier alpha value is -0.650. The van der Waals surface area contributed by atoms with Crippen LogP contribution in [0.25, 0.3) is 0 Å². The molecule has 1 saturated heterocycles. The number of carbonyl (C=O) groups is 2. The van der Waals surface area contributed by atoms with E-state index in [0.29, 0.717) is 5.41 Å². The van der Waals surface area contributed by atoms with Crippen LogP contribution < -0.4 is 5.32 Å². The molecule has 7 nitrogen and oxygen atoms in total. The van der Waals surface area contributed by atoms with Gasteiger partial charge in [0.1, 0.15) is 0 Å². The zero-order chi connectivity index (χ0) is 33.7. The number of rotatable bonds is 8. The minimum atomic E-state index is -1.50. The van der Waals surface area contributed by atoms with Crippen molar-refractivity contribution in [2.45, 2.75) is 78.6 Å². The molecule has 1 heterocycles. The van der Waals surface area contributed by atoms with Gasteiger partial charge < -0.3 is 24.8 Å². The number of amides is 1. The first kappa shape index (κ1) is 41.5. The maximum Gasteiger partial charge on any atom is 0.338 e. The van der Waals surface area contributed by atoms with E-state index in [0.717, 1.165) is 45.0 Å². The highest BCUT2D eigenvalue weighted by Gasteiger charge is 2.46. The molecule has 4 rings (SSSR count). The van der Waals surface area contributed by atoms with Crippen LogP contribution in [0.4, 0.5) is 5.69 Å².